The van der Waals surface area contributed by atoms with Crippen LogP contribution in [0.15, 0.2) is 18.6 Å². The van der Waals surface area contributed by atoms with Crippen LogP contribution in [0, 0.1) is 101 Å². The molecule has 0 fully saturated rings. The molecule has 0 atom stereocenters. The smallest absolute Gasteiger partial charge is 0.275 e. The van der Waals surface area contributed by atoms with E-state index in [0.29, 0.717) is 21.4 Å². The highest BCUT2D eigenvalue weighted by molar-refractivity contribution is 6.31. The fourth-order valence-corrected chi connectivity index (χ4v) is 7.78. The third-order valence-corrected chi connectivity index (χ3v) is 14.1. The lowest BCUT2D eigenvalue weighted by Crippen LogP contribution is -2.08. The lowest BCUT2D eigenvalue weighted by molar-refractivity contribution is -0.142. The minimum Gasteiger partial charge on any atom is -0.275 e. The van der Waals surface area contributed by atoms with Crippen molar-refractivity contribution in [2.24, 2.45) is 63.4 Å². The maximum absolute atomic E-state index is 12.7. The van der Waals surface area contributed by atoms with Crippen LogP contribution < -0.4 is 0 Å². The predicted octanol–water partition coefficient (Wildman–Crippen LogP) is 15.7. The molecule has 39 heteroatoms. The molecular formula is C54H69Cl3F18N18. The molecule has 522 valence electrons. The van der Waals surface area contributed by atoms with Gasteiger partial charge in [-0.25, -0.2) is 40.4 Å². The zero-order chi connectivity index (χ0) is 72.8. The minimum atomic E-state index is -4.58. The second kappa shape index (κ2) is 34.6. The van der Waals surface area contributed by atoms with Gasteiger partial charge in [-0.3, -0.25) is 28.1 Å². The van der Waals surface area contributed by atoms with Gasteiger partial charge in [0.15, 0.2) is 17.1 Å². The van der Waals surface area contributed by atoms with Gasteiger partial charge in [0.2, 0.25) is 17.8 Å². The zero-order valence-electron chi connectivity index (χ0n) is 54.0. The zero-order valence-corrected chi connectivity index (χ0v) is 56.2. The second-order valence-electron chi connectivity index (χ2n) is 20.0. The van der Waals surface area contributed by atoms with E-state index < -0.39 is 78.0 Å². The Labute approximate surface area is 537 Å². The fourth-order valence-electron chi connectivity index (χ4n) is 7.35. The van der Waals surface area contributed by atoms with E-state index in [1.807, 2.05) is 45.7 Å². The Morgan fingerprint density at radius 3 is 0.774 bits per heavy atom. The average Bonchev–Trinajstić information content (AvgIpc) is 1.80. The Bertz CT molecular complexity index is 3590. The number of alkyl halides is 15. The van der Waals surface area contributed by atoms with E-state index in [0.717, 1.165) is 55.8 Å². The molecule has 0 aliphatic carbocycles. The van der Waals surface area contributed by atoms with E-state index in [1.165, 1.54) is 81.7 Å². The number of hydrogen-bond acceptors (Lipinski definition) is 9. The van der Waals surface area contributed by atoms with Crippen molar-refractivity contribution < 1.29 is 79.0 Å². The van der Waals surface area contributed by atoms with Crippen LogP contribution in [0.5, 0.6) is 0 Å². The lowest BCUT2D eigenvalue weighted by atomic mass is 10.3. The number of aryl methyl sites for hydroxylation is 15. The Hall–Kier alpha value is -7.50. The summed E-state index contributed by atoms with van der Waals surface area (Å²) >= 11 is 16.9. The molecule has 0 aliphatic rings. The molecular weight excluding hydrogens is 1350 g/mol. The van der Waals surface area contributed by atoms with Gasteiger partial charge in [-0.1, -0.05) is 34.8 Å². The largest absolute Gasteiger partial charge is 0.435 e. The summed E-state index contributed by atoms with van der Waals surface area (Å²) in [7, 11) is 13.7. The number of nitrogens with zero attached hydrogens (tertiary/aromatic N) is 18. The summed E-state index contributed by atoms with van der Waals surface area (Å²) in [5.41, 5.74) is 2.57. The number of halogens is 21. The quantitative estimate of drug-likeness (QED) is 0.157. The van der Waals surface area contributed by atoms with Crippen LogP contribution in [0.25, 0.3) is 0 Å². The third kappa shape index (κ3) is 24.1. The fraction of sp³-hybridized carbons (Fsp3) is 0.500. The summed E-state index contributed by atoms with van der Waals surface area (Å²) in [6, 6.07) is 0. The molecule has 9 aromatic heterocycles. The first-order chi connectivity index (χ1) is 42.2. The first-order valence-corrected chi connectivity index (χ1v) is 27.5. The van der Waals surface area contributed by atoms with E-state index in [4.69, 9.17) is 34.8 Å². The van der Waals surface area contributed by atoms with Crippen LogP contribution in [-0.2, 0) is 82.0 Å². The molecule has 18 nitrogen and oxygen atoms in total. The highest BCUT2D eigenvalue weighted by Gasteiger charge is 2.39. The highest BCUT2D eigenvalue weighted by atomic mass is 35.5. The standard InChI is InChI=1S/C6H6ClF3N2.C6H7ClF2N2.C6H9ClN2.C6H6F4N2.2C6H7F3N2.C6H8F2N2.C6H9FN2.C6H10N2/c1-3-4(6(8,9)10)11-12(2)5(3)7;1-3-4(6(8)9)10-11(2)5(3)7;1-4-5(2)8-9(3)6(4)7;1-3-4(6(8,9)10)11-12(2)5(3)7;1-4-3-11(2)10-5(4)6(7,8)9;1-3-4(5(7)8)10-11(2)6(3)9;1-4-3-10(2)9-5(4)6(7)8;1-4-5(2)8-9(3)6(4)7;1-5-4-8(3)7-6(5)2/h1-2H3;6H,1-2H3;1-3H3;1-2H3;3H,1-2H3;5H,1-2H3;3,6H,1-2H3;1-3H3;4H,1-3H3. The minimum absolute atomic E-state index is 0.0160. The van der Waals surface area contributed by atoms with Gasteiger partial charge in [-0.2, -0.15) is 98.6 Å². The van der Waals surface area contributed by atoms with Gasteiger partial charge >= 0.3 is 18.5 Å². The predicted molar refractivity (Wildman–Crippen MR) is 310 cm³/mol. The van der Waals surface area contributed by atoms with E-state index >= 15 is 0 Å². The van der Waals surface area contributed by atoms with Crippen molar-refractivity contribution >= 4 is 34.8 Å². The number of rotatable bonds is 3. The van der Waals surface area contributed by atoms with Crippen LogP contribution in [-0.4, -0.2) is 88.0 Å². The number of aromatic nitrogens is 18. The second-order valence-corrected chi connectivity index (χ2v) is 21.1. The van der Waals surface area contributed by atoms with Gasteiger partial charge in [0.25, 0.3) is 19.3 Å². The van der Waals surface area contributed by atoms with Crippen LogP contribution in [0.3, 0.4) is 0 Å². The average molecular weight is 1420 g/mol. The highest BCUT2D eigenvalue weighted by Crippen LogP contribution is 2.34. The normalized spacial score (nSPS) is 11.2. The van der Waals surface area contributed by atoms with Crippen LogP contribution in [0.2, 0.25) is 15.5 Å². The van der Waals surface area contributed by atoms with Gasteiger partial charge in [-0.15, -0.1) is 0 Å². The van der Waals surface area contributed by atoms with Gasteiger partial charge < -0.3 is 0 Å². The molecule has 0 aliphatic heterocycles. The van der Waals surface area contributed by atoms with Gasteiger partial charge in [-0.05, 0) is 99.8 Å². The van der Waals surface area contributed by atoms with Crippen LogP contribution in [0.4, 0.5) is 79.0 Å². The van der Waals surface area contributed by atoms with Crippen LogP contribution in [0.1, 0.15) is 121 Å². The lowest BCUT2D eigenvalue weighted by Gasteiger charge is -2.01. The van der Waals surface area contributed by atoms with E-state index in [2.05, 4.69) is 52.8 Å². The van der Waals surface area contributed by atoms with Crippen molar-refractivity contribution in [3.8, 4) is 0 Å². The molecule has 9 heterocycles. The van der Waals surface area contributed by atoms with Gasteiger partial charge in [0, 0.05) is 115 Å². The maximum atomic E-state index is 12.7. The monoisotopic (exact) mass is 1420 g/mol. The molecule has 9 rings (SSSR count). The molecule has 0 spiro atoms. The van der Waals surface area contributed by atoms with Crippen molar-refractivity contribution in [2.75, 3.05) is 0 Å². The third-order valence-electron chi connectivity index (χ3n) is 12.5. The van der Waals surface area contributed by atoms with E-state index in [-0.39, 0.29) is 44.3 Å². The molecule has 0 unspecified atom stereocenters. The van der Waals surface area contributed by atoms with Crippen LogP contribution >= 0.6 is 34.8 Å². The molecule has 0 radical (unpaired) electrons. The Balaban J connectivity index is 0.000000524. The molecule has 0 amide bonds. The van der Waals surface area contributed by atoms with Gasteiger partial charge in [0.1, 0.15) is 32.5 Å². The number of hydrogen-bond donors (Lipinski definition) is 0. The molecule has 0 saturated heterocycles. The summed E-state index contributed by atoms with van der Waals surface area (Å²) in [6.07, 6.45) is -16.1. The Morgan fingerprint density at radius 1 is 0.301 bits per heavy atom. The first kappa shape index (κ1) is 83.5. The molecule has 0 N–H and O–H groups in total. The van der Waals surface area contributed by atoms with E-state index in [9.17, 15) is 79.0 Å². The molecule has 0 bridgehead atoms. The molecule has 0 aromatic carbocycles. The Kier molecular flexibility index (Phi) is 31.1. The summed E-state index contributed by atoms with van der Waals surface area (Å²) in [5.74, 6) is -1.91. The summed E-state index contributed by atoms with van der Waals surface area (Å²) < 4.78 is 229. The van der Waals surface area contributed by atoms with Crippen molar-refractivity contribution in [3.05, 3.63) is 153 Å². The van der Waals surface area contributed by atoms with E-state index in [1.54, 1.807) is 45.7 Å². The topological polar surface area (TPSA) is 160 Å². The van der Waals surface area contributed by atoms with Crippen molar-refractivity contribution in [1.29, 1.82) is 0 Å². The Morgan fingerprint density at radius 2 is 0.613 bits per heavy atom. The molecule has 93 heavy (non-hydrogen) atoms. The summed E-state index contributed by atoms with van der Waals surface area (Å²) in [6.45, 7) is 19.6. The summed E-state index contributed by atoms with van der Waals surface area (Å²) in [4.78, 5) is 0. The maximum Gasteiger partial charge on any atom is 0.435 e. The van der Waals surface area contributed by atoms with Crippen molar-refractivity contribution in [3.63, 3.8) is 0 Å². The molecule has 9 aromatic rings. The SMILES string of the molecule is Cc1c(C(F)(F)F)nn(C)c1Cl.Cc1c(C(F)(F)F)nn(C)c1F.Cc1c(C(F)F)nn(C)c1Cl.Cc1c(C(F)F)nn(C)c1F.Cc1cn(C)nc1C.Cc1cn(C)nc1C(F)(F)F.Cc1cn(C)nc1C(F)F.Cc1nn(C)c(Cl)c1C.Cc1nn(C)c(F)c1C. The molecule has 0 saturated carbocycles. The first-order valence-electron chi connectivity index (χ1n) is 26.3. The summed E-state index contributed by atoms with van der Waals surface area (Å²) in [5, 5.41) is 33.0. The van der Waals surface area contributed by atoms with Gasteiger partial charge in [0.05, 0.1) is 17.1 Å². The van der Waals surface area contributed by atoms with Crippen molar-refractivity contribution in [1.82, 2.24) is 88.0 Å². The van der Waals surface area contributed by atoms with Crippen molar-refractivity contribution in [2.45, 2.75) is 121 Å².